The van der Waals surface area contributed by atoms with Gasteiger partial charge in [0.05, 0.1) is 18.9 Å². The first kappa shape index (κ1) is 18.9. The van der Waals surface area contributed by atoms with Crippen molar-refractivity contribution in [2.45, 2.75) is 36.8 Å². The molecule has 1 aliphatic rings. The maximum absolute atomic E-state index is 12.5. The number of methoxy groups -OCH3 is 1. The second kappa shape index (κ2) is 7.80. The number of thioether (sulfide) groups is 1. The predicted octanol–water partition coefficient (Wildman–Crippen LogP) is 4.86. The molecule has 0 bridgehead atoms. The SMILES string of the molecule is COc1ccc2c(c1)OC(C)(C)CC2NC(=O)CSc1ccc(Cl)cc1. The van der Waals surface area contributed by atoms with Crippen LogP contribution < -0.4 is 14.8 Å². The summed E-state index contributed by atoms with van der Waals surface area (Å²) in [6.45, 7) is 4.05. The molecule has 1 aliphatic heterocycles. The van der Waals surface area contributed by atoms with Crippen molar-refractivity contribution in [1.29, 1.82) is 0 Å². The van der Waals surface area contributed by atoms with Gasteiger partial charge in [0, 0.05) is 28.0 Å². The van der Waals surface area contributed by atoms with Crippen molar-refractivity contribution in [2.24, 2.45) is 0 Å². The van der Waals surface area contributed by atoms with E-state index in [0.717, 1.165) is 22.0 Å². The van der Waals surface area contributed by atoms with Crippen molar-refractivity contribution in [3.63, 3.8) is 0 Å². The Morgan fingerprint density at radius 1 is 1.31 bits per heavy atom. The Kier molecular flexibility index (Phi) is 5.68. The lowest BCUT2D eigenvalue weighted by Gasteiger charge is -2.38. The maximum atomic E-state index is 12.5. The summed E-state index contributed by atoms with van der Waals surface area (Å²) in [5.74, 6) is 1.85. The number of fused-ring (bicyclic) bond motifs is 1. The second-order valence-electron chi connectivity index (χ2n) is 6.83. The Labute approximate surface area is 163 Å². The molecular formula is C20H22ClNO3S. The first-order valence-corrected chi connectivity index (χ1v) is 9.77. The third-order valence-electron chi connectivity index (χ3n) is 4.20. The molecule has 0 aliphatic carbocycles. The molecule has 0 spiro atoms. The first-order chi connectivity index (χ1) is 12.4. The molecule has 0 saturated heterocycles. The predicted molar refractivity (Wildman–Crippen MR) is 105 cm³/mol. The minimum atomic E-state index is -0.360. The second-order valence-corrected chi connectivity index (χ2v) is 8.32. The lowest BCUT2D eigenvalue weighted by molar-refractivity contribution is -0.119. The monoisotopic (exact) mass is 391 g/mol. The minimum Gasteiger partial charge on any atom is -0.497 e. The molecule has 0 radical (unpaired) electrons. The zero-order valence-electron chi connectivity index (χ0n) is 15.0. The van der Waals surface area contributed by atoms with Gasteiger partial charge in [0.2, 0.25) is 5.91 Å². The van der Waals surface area contributed by atoms with Crippen LogP contribution in [0.1, 0.15) is 31.9 Å². The van der Waals surface area contributed by atoms with E-state index in [1.807, 2.05) is 56.3 Å². The molecule has 2 aromatic rings. The van der Waals surface area contributed by atoms with Crippen LogP contribution in [0.25, 0.3) is 0 Å². The third-order valence-corrected chi connectivity index (χ3v) is 5.46. The highest BCUT2D eigenvalue weighted by Crippen LogP contribution is 2.41. The van der Waals surface area contributed by atoms with Crippen molar-refractivity contribution in [1.82, 2.24) is 5.32 Å². The fourth-order valence-corrected chi connectivity index (χ4v) is 3.84. The summed E-state index contributed by atoms with van der Waals surface area (Å²) >= 11 is 7.38. The highest BCUT2D eigenvalue weighted by molar-refractivity contribution is 8.00. The van der Waals surface area contributed by atoms with Crippen molar-refractivity contribution in [2.75, 3.05) is 12.9 Å². The standard InChI is InChI=1S/C20H22ClNO3S/c1-20(2)11-17(16-9-6-14(24-3)10-18(16)25-20)22-19(23)12-26-15-7-4-13(21)5-8-15/h4-10,17H,11-12H2,1-3H3,(H,22,23). The smallest absolute Gasteiger partial charge is 0.230 e. The zero-order valence-corrected chi connectivity index (χ0v) is 16.6. The number of carbonyl (C=O) groups is 1. The van der Waals surface area contributed by atoms with Gasteiger partial charge < -0.3 is 14.8 Å². The summed E-state index contributed by atoms with van der Waals surface area (Å²) in [7, 11) is 1.63. The Morgan fingerprint density at radius 2 is 2.04 bits per heavy atom. The molecule has 1 amide bonds. The molecule has 6 heteroatoms. The van der Waals surface area contributed by atoms with Crippen LogP contribution in [-0.4, -0.2) is 24.4 Å². The van der Waals surface area contributed by atoms with Crippen LogP contribution >= 0.6 is 23.4 Å². The molecule has 0 fully saturated rings. The van der Waals surface area contributed by atoms with E-state index in [2.05, 4.69) is 5.32 Å². The summed E-state index contributed by atoms with van der Waals surface area (Å²) < 4.78 is 11.3. The van der Waals surface area contributed by atoms with Crippen LogP contribution in [0.5, 0.6) is 11.5 Å². The van der Waals surface area contributed by atoms with Gasteiger partial charge in [-0.05, 0) is 50.2 Å². The van der Waals surface area contributed by atoms with Gasteiger partial charge in [0.25, 0.3) is 0 Å². The van der Waals surface area contributed by atoms with Crippen molar-refractivity contribution >= 4 is 29.3 Å². The number of benzene rings is 2. The van der Waals surface area contributed by atoms with Crippen molar-refractivity contribution < 1.29 is 14.3 Å². The number of hydrogen-bond donors (Lipinski definition) is 1. The van der Waals surface area contributed by atoms with E-state index in [9.17, 15) is 4.79 Å². The minimum absolute atomic E-state index is 0.00517. The van der Waals surface area contributed by atoms with Gasteiger partial charge in [0.15, 0.2) is 0 Å². The van der Waals surface area contributed by atoms with Crippen molar-refractivity contribution in [3.8, 4) is 11.5 Å². The largest absolute Gasteiger partial charge is 0.497 e. The van der Waals surface area contributed by atoms with Crippen LogP contribution in [0.4, 0.5) is 0 Å². The molecule has 1 unspecified atom stereocenters. The lowest BCUT2D eigenvalue weighted by Crippen LogP contribution is -2.41. The molecule has 0 saturated carbocycles. The summed E-state index contributed by atoms with van der Waals surface area (Å²) in [5.41, 5.74) is 0.621. The van der Waals surface area contributed by atoms with Gasteiger partial charge >= 0.3 is 0 Å². The Balaban J connectivity index is 1.68. The fraction of sp³-hybridized carbons (Fsp3) is 0.350. The molecular weight excluding hydrogens is 370 g/mol. The molecule has 2 aromatic carbocycles. The molecule has 1 atom stereocenters. The molecule has 1 N–H and O–H groups in total. The van der Waals surface area contributed by atoms with Gasteiger partial charge in [-0.1, -0.05) is 11.6 Å². The number of carbonyl (C=O) groups excluding carboxylic acids is 1. The van der Waals surface area contributed by atoms with E-state index in [1.54, 1.807) is 7.11 Å². The fourth-order valence-electron chi connectivity index (χ4n) is 3.00. The van der Waals surface area contributed by atoms with Crippen LogP contribution in [0, 0.1) is 0 Å². The Bertz CT molecular complexity index is 792. The number of hydrogen-bond acceptors (Lipinski definition) is 4. The summed E-state index contributed by atoms with van der Waals surface area (Å²) in [4.78, 5) is 13.5. The lowest BCUT2D eigenvalue weighted by atomic mass is 9.89. The molecule has 26 heavy (non-hydrogen) atoms. The molecule has 4 nitrogen and oxygen atoms in total. The number of nitrogens with one attached hydrogen (secondary N) is 1. The van der Waals surface area contributed by atoms with Gasteiger partial charge in [-0.15, -0.1) is 11.8 Å². The van der Waals surface area contributed by atoms with E-state index in [4.69, 9.17) is 21.1 Å². The van der Waals surface area contributed by atoms with Gasteiger partial charge in [-0.25, -0.2) is 0 Å². The topological polar surface area (TPSA) is 47.6 Å². The molecule has 138 valence electrons. The molecule has 3 rings (SSSR count). The van der Waals surface area contributed by atoms with Gasteiger partial charge in [-0.2, -0.15) is 0 Å². The van der Waals surface area contributed by atoms with E-state index >= 15 is 0 Å². The Morgan fingerprint density at radius 3 is 2.73 bits per heavy atom. The van der Waals surface area contributed by atoms with E-state index in [1.165, 1.54) is 11.8 Å². The van der Waals surface area contributed by atoms with Gasteiger partial charge in [-0.3, -0.25) is 4.79 Å². The number of halogens is 1. The number of amides is 1. The van der Waals surface area contributed by atoms with Crippen LogP contribution in [0.3, 0.4) is 0 Å². The average molecular weight is 392 g/mol. The molecule has 1 heterocycles. The molecule has 0 aromatic heterocycles. The number of ether oxygens (including phenoxy) is 2. The zero-order chi connectivity index (χ0) is 18.7. The van der Waals surface area contributed by atoms with Crippen molar-refractivity contribution in [3.05, 3.63) is 53.1 Å². The first-order valence-electron chi connectivity index (χ1n) is 8.41. The van der Waals surface area contributed by atoms with Crippen LogP contribution in [0.2, 0.25) is 5.02 Å². The van der Waals surface area contributed by atoms with E-state index in [0.29, 0.717) is 17.2 Å². The highest BCUT2D eigenvalue weighted by atomic mass is 35.5. The van der Waals surface area contributed by atoms with Gasteiger partial charge in [0.1, 0.15) is 17.1 Å². The summed E-state index contributed by atoms with van der Waals surface area (Å²) in [6.07, 6.45) is 0.712. The number of rotatable bonds is 5. The quantitative estimate of drug-likeness (QED) is 0.739. The normalized spacial score (nSPS) is 17.8. The van der Waals surface area contributed by atoms with E-state index in [-0.39, 0.29) is 17.6 Å². The average Bonchev–Trinajstić information content (AvgIpc) is 2.59. The Hall–Kier alpha value is -1.85. The van der Waals surface area contributed by atoms with Crippen LogP contribution in [0.15, 0.2) is 47.4 Å². The summed E-state index contributed by atoms with van der Waals surface area (Å²) in [6, 6.07) is 13.1. The maximum Gasteiger partial charge on any atom is 0.230 e. The van der Waals surface area contributed by atoms with Crippen LogP contribution in [-0.2, 0) is 4.79 Å². The third kappa shape index (κ3) is 4.65. The highest BCUT2D eigenvalue weighted by Gasteiger charge is 2.34. The van der Waals surface area contributed by atoms with E-state index < -0.39 is 0 Å². The summed E-state index contributed by atoms with van der Waals surface area (Å²) in [5, 5.41) is 3.83.